The second kappa shape index (κ2) is 7.08. The van der Waals surface area contributed by atoms with Crippen molar-refractivity contribution in [2.75, 3.05) is 12.8 Å². The number of pyridine rings is 1. The number of hydrogen-bond donors (Lipinski definition) is 1. The molecule has 2 N–H and O–H groups in total. The van der Waals surface area contributed by atoms with Crippen molar-refractivity contribution < 1.29 is 14.4 Å². The third kappa shape index (κ3) is 3.08. The monoisotopic (exact) mass is 404 g/mol. The Balaban J connectivity index is 1.99. The molecule has 2 bridgehead atoms. The topological polar surface area (TPSA) is 119 Å². The number of fused-ring (bicyclic) bond motifs is 5. The molecule has 1 atom stereocenters. The molecule has 0 fully saturated rings. The van der Waals surface area contributed by atoms with E-state index in [0.29, 0.717) is 22.6 Å². The van der Waals surface area contributed by atoms with Gasteiger partial charge in [0.05, 0.1) is 5.56 Å². The van der Waals surface area contributed by atoms with Crippen LogP contribution in [0.15, 0.2) is 30.5 Å². The number of nitrogens with zero attached hydrogens (tertiary/aromatic N) is 5. The lowest BCUT2D eigenvalue weighted by molar-refractivity contribution is -0.0161. The van der Waals surface area contributed by atoms with Crippen molar-refractivity contribution in [3.8, 4) is 28.7 Å². The Morgan fingerprint density at radius 1 is 1.23 bits per heavy atom. The van der Waals surface area contributed by atoms with Crippen LogP contribution < -0.4 is 15.3 Å². The van der Waals surface area contributed by atoms with Crippen LogP contribution in [0.4, 0.5) is 5.82 Å². The van der Waals surface area contributed by atoms with Crippen LogP contribution in [0.1, 0.15) is 40.3 Å². The molecular weight excluding hydrogens is 384 g/mol. The van der Waals surface area contributed by atoms with E-state index in [-0.39, 0.29) is 17.2 Å². The number of amides is 1. The Bertz CT molecular complexity index is 1210. The van der Waals surface area contributed by atoms with Gasteiger partial charge in [-0.3, -0.25) is 9.48 Å². The largest absolute Gasteiger partial charge is 0.482 e. The van der Waals surface area contributed by atoms with Crippen molar-refractivity contribution in [1.29, 1.82) is 5.26 Å². The highest BCUT2D eigenvalue weighted by molar-refractivity contribution is 6.00. The van der Waals surface area contributed by atoms with Gasteiger partial charge in [0.25, 0.3) is 0 Å². The van der Waals surface area contributed by atoms with Crippen LogP contribution in [-0.2, 0) is 7.05 Å². The van der Waals surface area contributed by atoms with E-state index in [0.717, 1.165) is 16.2 Å². The fraction of sp³-hybridized carbons (Fsp3) is 0.238. The number of aromatic nitrogens is 3. The lowest BCUT2D eigenvalue weighted by Crippen LogP contribution is -2.31. The SMILES string of the molecule is Cc1ccc2c(c1)[C@@H](C)Oc1cc(cnc1N)-c1c(nn(C)c1C#N)C(=O)N(C)O2. The molecule has 3 aromatic rings. The lowest BCUT2D eigenvalue weighted by atomic mass is 10.0. The molecule has 1 aromatic carbocycles. The third-order valence-electron chi connectivity index (χ3n) is 4.95. The van der Waals surface area contributed by atoms with E-state index in [1.807, 2.05) is 26.0 Å². The van der Waals surface area contributed by atoms with Gasteiger partial charge < -0.3 is 15.3 Å². The number of rotatable bonds is 0. The van der Waals surface area contributed by atoms with Gasteiger partial charge in [-0.1, -0.05) is 11.6 Å². The summed E-state index contributed by atoms with van der Waals surface area (Å²) >= 11 is 0. The molecule has 0 saturated heterocycles. The number of benzene rings is 1. The molecule has 2 aromatic heterocycles. The number of ether oxygens (including phenoxy) is 1. The van der Waals surface area contributed by atoms with Crippen molar-refractivity contribution in [2.45, 2.75) is 20.0 Å². The number of aryl methyl sites for hydroxylation is 2. The molecule has 0 spiro atoms. The summed E-state index contributed by atoms with van der Waals surface area (Å²) in [5.74, 6) is 0.504. The molecule has 0 radical (unpaired) electrons. The van der Waals surface area contributed by atoms with E-state index < -0.39 is 12.0 Å². The van der Waals surface area contributed by atoms with Crippen LogP contribution in [0.2, 0.25) is 0 Å². The van der Waals surface area contributed by atoms with Crippen LogP contribution in [0.5, 0.6) is 11.5 Å². The molecule has 1 aliphatic heterocycles. The number of nitrogens with two attached hydrogens (primary N) is 1. The fourth-order valence-corrected chi connectivity index (χ4v) is 3.42. The van der Waals surface area contributed by atoms with E-state index in [9.17, 15) is 10.1 Å². The number of nitrogen functional groups attached to an aromatic ring is 1. The van der Waals surface area contributed by atoms with Crippen LogP contribution in [0.25, 0.3) is 11.1 Å². The Labute approximate surface area is 173 Å². The smallest absolute Gasteiger partial charge is 0.307 e. The first-order chi connectivity index (χ1) is 14.3. The second-order valence-corrected chi connectivity index (χ2v) is 7.11. The molecule has 1 amide bonds. The Hall–Kier alpha value is -4.06. The zero-order valence-corrected chi connectivity index (χ0v) is 17.0. The summed E-state index contributed by atoms with van der Waals surface area (Å²) in [6, 6.07) is 9.35. The van der Waals surface area contributed by atoms with Crippen LogP contribution in [0.3, 0.4) is 0 Å². The van der Waals surface area contributed by atoms with E-state index in [1.54, 1.807) is 19.2 Å². The quantitative estimate of drug-likeness (QED) is 0.612. The molecule has 0 unspecified atom stereocenters. The molecule has 9 nitrogen and oxygen atoms in total. The minimum Gasteiger partial charge on any atom is -0.482 e. The van der Waals surface area contributed by atoms with Gasteiger partial charge in [-0.05, 0) is 32.0 Å². The zero-order chi connectivity index (χ0) is 21.6. The summed E-state index contributed by atoms with van der Waals surface area (Å²) in [6.45, 7) is 3.82. The maximum Gasteiger partial charge on any atom is 0.307 e. The highest BCUT2D eigenvalue weighted by Gasteiger charge is 2.29. The predicted octanol–water partition coefficient (Wildman–Crippen LogP) is 2.76. The van der Waals surface area contributed by atoms with Crippen molar-refractivity contribution >= 4 is 11.7 Å². The van der Waals surface area contributed by atoms with Gasteiger partial charge in [-0.15, -0.1) is 0 Å². The standard InChI is InChI=1S/C21H20N6O3/c1-11-5-6-16-14(7-11)12(2)29-17-8-13(10-24-20(17)23)18-15(9-22)26(3)25-19(18)21(28)27(4)30-16/h5-8,10,12H,1-4H3,(H2,23,24)/t12-/m1/s1. The molecule has 152 valence electrons. The predicted molar refractivity (Wildman–Crippen MR) is 109 cm³/mol. The van der Waals surface area contributed by atoms with Gasteiger partial charge in [-0.25, -0.2) is 4.98 Å². The number of carbonyl (C=O) groups excluding carboxylic acids is 1. The minimum absolute atomic E-state index is 0.0661. The minimum atomic E-state index is -0.499. The molecule has 4 rings (SSSR count). The maximum absolute atomic E-state index is 13.2. The second-order valence-electron chi connectivity index (χ2n) is 7.11. The van der Waals surface area contributed by atoms with E-state index in [4.69, 9.17) is 15.3 Å². The van der Waals surface area contributed by atoms with E-state index in [1.165, 1.54) is 17.9 Å². The van der Waals surface area contributed by atoms with Crippen molar-refractivity contribution in [3.63, 3.8) is 0 Å². The number of carbonyl (C=O) groups is 1. The average Bonchev–Trinajstić information content (AvgIpc) is 3.05. The van der Waals surface area contributed by atoms with Gasteiger partial charge in [0.1, 0.15) is 17.9 Å². The molecule has 0 aliphatic carbocycles. The summed E-state index contributed by atoms with van der Waals surface area (Å²) in [5.41, 5.74) is 8.93. The van der Waals surface area contributed by atoms with Gasteiger partial charge in [0.2, 0.25) is 0 Å². The molecule has 0 saturated carbocycles. The van der Waals surface area contributed by atoms with Crippen molar-refractivity contribution in [3.05, 3.63) is 53.0 Å². The van der Waals surface area contributed by atoms with Gasteiger partial charge in [0.15, 0.2) is 23.0 Å². The molecule has 30 heavy (non-hydrogen) atoms. The average molecular weight is 404 g/mol. The van der Waals surface area contributed by atoms with Gasteiger partial charge in [0, 0.05) is 31.4 Å². The normalized spacial score (nSPS) is 15.6. The summed E-state index contributed by atoms with van der Waals surface area (Å²) < 4.78 is 7.47. The third-order valence-corrected chi connectivity index (χ3v) is 4.95. The van der Waals surface area contributed by atoms with Crippen LogP contribution in [-0.4, -0.2) is 32.8 Å². The molecule has 3 heterocycles. The number of anilines is 1. The van der Waals surface area contributed by atoms with Crippen LogP contribution >= 0.6 is 0 Å². The highest BCUT2D eigenvalue weighted by Crippen LogP contribution is 2.37. The summed E-state index contributed by atoms with van der Waals surface area (Å²) in [4.78, 5) is 23.3. The maximum atomic E-state index is 13.2. The number of hydroxylamine groups is 2. The van der Waals surface area contributed by atoms with Crippen molar-refractivity contribution in [1.82, 2.24) is 19.8 Å². The van der Waals surface area contributed by atoms with Crippen molar-refractivity contribution in [2.24, 2.45) is 7.05 Å². The summed E-state index contributed by atoms with van der Waals surface area (Å²) in [5, 5.41) is 15.0. The zero-order valence-electron chi connectivity index (χ0n) is 17.0. The summed E-state index contributed by atoms with van der Waals surface area (Å²) in [7, 11) is 3.10. The Morgan fingerprint density at radius 2 is 2.00 bits per heavy atom. The summed E-state index contributed by atoms with van der Waals surface area (Å²) in [6.07, 6.45) is 1.05. The first-order valence-electron chi connectivity index (χ1n) is 9.26. The number of hydrogen-bond acceptors (Lipinski definition) is 7. The first-order valence-corrected chi connectivity index (χ1v) is 9.26. The molecule has 1 aliphatic rings. The lowest BCUT2D eigenvalue weighted by Gasteiger charge is -2.24. The van der Waals surface area contributed by atoms with Crippen LogP contribution in [0, 0.1) is 18.3 Å². The fourth-order valence-electron chi connectivity index (χ4n) is 3.42. The molecular formula is C21H20N6O3. The van der Waals surface area contributed by atoms with Gasteiger partial charge >= 0.3 is 5.91 Å². The first kappa shape index (κ1) is 19.3. The van der Waals surface area contributed by atoms with E-state index in [2.05, 4.69) is 16.2 Å². The Kier molecular flexibility index (Phi) is 4.54. The number of nitriles is 1. The van der Waals surface area contributed by atoms with E-state index >= 15 is 0 Å². The Morgan fingerprint density at radius 3 is 2.73 bits per heavy atom. The van der Waals surface area contributed by atoms with Gasteiger partial charge in [-0.2, -0.15) is 15.4 Å². The molecule has 9 heteroatoms. The highest BCUT2D eigenvalue weighted by atomic mass is 16.7.